The van der Waals surface area contributed by atoms with E-state index in [1.165, 1.54) is 0 Å². The molecule has 1 aliphatic carbocycles. The molecule has 0 N–H and O–H groups in total. The molecule has 4 rings (SSSR count). The van der Waals surface area contributed by atoms with Crippen LogP contribution in [-0.4, -0.2) is 47.8 Å². The van der Waals surface area contributed by atoms with E-state index < -0.39 is 0 Å². The SMILES string of the molecule is CCN(c1ccncc1)c1nc(N2CCOCC2)nc(C2=CC=C(C#N)CC2)c1C. The van der Waals surface area contributed by atoms with E-state index in [2.05, 4.69) is 34.7 Å². The summed E-state index contributed by atoms with van der Waals surface area (Å²) in [6.07, 6.45) is 9.10. The molecule has 3 heterocycles. The van der Waals surface area contributed by atoms with Crippen molar-refractivity contribution in [1.82, 2.24) is 15.0 Å². The lowest BCUT2D eigenvalue weighted by molar-refractivity contribution is 0.122. The van der Waals surface area contributed by atoms with E-state index in [4.69, 9.17) is 14.7 Å². The Kier molecular flexibility index (Phi) is 6.05. The van der Waals surface area contributed by atoms with Gasteiger partial charge in [-0.15, -0.1) is 0 Å². The van der Waals surface area contributed by atoms with Crippen LogP contribution >= 0.6 is 0 Å². The number of anilines is 3. The smallest absolute Gasteiger partial charge is 0.228 e. The quantitative estimate of drug-likeness (QED) is 0.753. The maximum atomic E-state index is 9.19. The topological polar surface area (TPSA) is 78.2 Å². The number of aromatic nitrogens is 3. The third kappa shape index (κ3) is 4.05. The minimum absolute atomic E-state index is 0.681. The van der Waals surface area contributed by atoms with Gasteiger partial charge in [0.15, 0.2) is 0 Å². The van der Waals surface area contributed by atoms with Crippen LogP contribution in [0.2, 0.25) is 0 Å². The van der Waals surface area contributed by atoms with Crippen molar-refractivity contribution in [2.75, 3.05) is 42.6 Å². The first-order chi connectivity index (χ1) is 14.7. The summed E-state index contributed by atoms with van der Waals surface area (Å²) in [5, 5.41) is 9.19. The van der Waals surface area contributed by atoms with E-state index in [9.17, 15) is 5.26 Å². The minimum atomic E-state index is 0.681. The molecule has 0 atom stereocenters. The van der Waals surface area contributed by atoms with Gasteiger partial charge in [-0.2, -0.15) is 10.2 Å². The van der Waals surface area contributed by atoms with E-state index in [1.807, 2.05) is 24.3 Å². The van der Waals surface area contributed by atoms with Crippen molar-refractivity contribution in [3.8, 4) is 6.07 Å². The fourth-order valence-electron chi connectivity index (χ4n) is 3.88. The maximum absolute atomic E-state index is 9.19. The number of ether oxygens (including phenoxy) is 1. The van der Waals surface area contributed by atoms with E-state index in [1.54, 1.807) is 12.4 Å². The first-order valence-electron chi connectivity index (χ1n) is 10.4. The predicted octanol–water partition coefficient (Wildman–Crippen LogP) is 3.80. The van der Waals surface area contributed by atoms with Crippen LogP contribution in [0.15, 0.2) is 42.3 Å². The highest BCUT2D eigenvalue weighted by Crippen LogP contribution is 2.35. The van der Waals surface area contributed by atoms with Crippen molar-refractivity contribution in [3.05, 3.63) is 53.5 Å². The molecule has 0 saturated carbocycles. The van der Waals surface area contributed by atoms with Crippen LogP contribution in [0, 0.1) is 18.3 Å². The fraction of sp³-hybridized carbons (Fsp3) is 0.391. The Morgan fingerprint density at radius 3 is 2.53 bits per heavy atom. The van der Waals surface area contributed by atoms with Gasteiger partial charge in [-0.3, -0.25) is 4.98 Å². The van der Waals surface area contributed by atoms with Crippen molar-refractivity contribution in [2.45, 2.75) is 26.7 Å². The monoisotopic (exact) mass is 402 g/mol. The Hall–Kier alpha value is -3.24. The van der Waals surface area contributed by atoms with Gasteiger partial charge in [0.2, 0.25) is 5.95 Å². The normalized spacial score (nSPS) is 16.5. The Bertz CT molecular complexity index is 1000. The zero-order chi connectivity index (χ0) is 20.9. The van der Waals surface area contributed by atoms with Gasteiger partial charge in [-0.05, 0) is 50.5 Å². The summed E-state index contributed by atoms with van der Waals surface area (Å²) in [6, 6.07) is 6.26. The summed E-state index contributed by atoms with van der Waals surface area (Å²) in [5.41, 5.74) is 5.02. The highest BCUT2D eigenvalue weighted by atomic mass is 16.5. The number of hydrogen-bond acceptors (Lipinski definition) is 7. The Labute approximate surface area is 177 Å². The molecule has 0 spiro atoms. The summed E-state index contributed by atoms with van der Waals surface area (Å²) in [6.45, 7) is 7.91. The lowest BCUT2D eigenvalue weighted by Crippen LogP contribution is -2.38. The first-order valence-corrected chi connectivity index (χ1v) is 10.4. The molecule has 0 amide bonds. The summed E-state index contributed by atoms with van der Waals surface area (Å²) < 4.78 is 5.52. The number of nitrogens with zero attached hydrogens (tertiary/aromatic N) is 6. The Balaban J connectivity index is 1.83. The molecule has 0 radical (unpaired) electrons. The second-order valence-electron chi connectivity index (χ2n) is 7.37. The number of allylic oxidation sites excluding steroid dienone is 4. The summed E-state index contributed by atoms with van der Waals surface area (Å²) in [5.74, 6) is 1.64. The highest BCUT2D eigenvalue weighted by Gasteiger charge is 2.23. The second-order valence-corrected chi connectivity index (χ2v) is 7.37. The molecule has 2 aliphatic rings. The van der Waals surface area contributed by atoms with Gasteiger partial charge in [0, 0.05) is 48.9 Å². The molecule has 1 aliphatic heterocycles. The van der Waals surface area contributed by atoms with Crippen molar-refractivity contribution in [1.29, 1.82) is 5.26 Å². The number of rotatable bonds is 5. The number of hydrogen-bond donors (Lipinski definition) is 0. The van der Waals surface area contributed by atoms with E-state index >= 15 is 0 Å². The molecule has 7 nitrogen and oxygen atoms in total. The van der Waals surface area contributed by atoms with Crippen LogP contribution in [0.1, 0.15) is 31.0 Å². The van der Waals surface area contributed by atoms with Gasteiger partial charge in [-0.1, -0.05) is 6.08 Å². The minimum Gasteiger partial charge on any atom is -0.378 e. The molecule has 7 heteroatoms. The van der Waals surface area contributed by atoms with Gasteiger partial charge in [-0.25, -0.2) is 4.98 Å². The van der Waals surface area contributed by atoms with E-state index in [0.29, 0.717) is 13.2 Å². The highest BCUT2D eigenvalue weighted by molar-refractivity contribution is 5.75. The number of morpholine rings is 1. The van der Waals surface area contributed by atoms with Crippen molar-refractivity contribution in [2.24, 2.45) is 0 Å². The standard InChI is InChI=1S/C23H26N6O/c1-3-29(20-8-10-25-11-9-20)22-17(2)21(19-6-4-18(16-24)5-7-19)26-23(27-22)28-12-14-30-15-13-28/h4,6,8-11H,3,5,7,12-15H2,1-2H3. The molecule has 1 fully saturated rings. The van der Waals surface area contributed by atoms with Gasteiger partial charge in [0.25, 0.3) is 0 Å². The molecular weight excluding hydrogens is 376 g/mol. The van der Waals surface area contributed by atoms with Crippen LogP contribution in [0.5, 0.6) is 0 Å². The van der Waals surface area contributed by atoms with E-state index in [-0.39, 0.29) is 0 Å². The molecule has 1 saturated heterocycles. The van der Waals surface area contributed by atoms with Crippen molar-refractivity contribution in [3.63, 3.8) is 0 Å². The summed E-state index contributed by atoms with van der Waals surface area (Å²) >= 11 is 0. The molecule has 0 unspecified atom stereocenters. The average molecular weight is 403 g/mol. The average Bonchev–Trinajstić information content (AvgIpc) is 2.82. The molecule has 2 aromatic heterocycles. The van der Waals surface area contributed by atoms with Gasteiger partial charge in [0.1, 0.15) is 5.82 Å². The molecular formula is C23H26N6O. The van der Waals surface area contributed by atoms with Crippen molar-refractivity contribution < 1.29 is 4.74 Å². The Morgan fingerprint density at radius 1 is 1.13 bits per heavy atom. The lowest BCUT2D eigenvalue weighted by Gasteiger charge is -2.30. The van der Waals surface area contributed by atoms with Gasteiger partial charge < -0.3 is 14.5 Å². The zero-order valence-electron chi connectivity index (χ0n) is 17.5. The summed E-state index contributed by atoms with van der Waals surface area (Å²) in [4.78, 5) is 18.5. The van der Waals surface area contributed by atoms with E-state index in [0.717, 1.165) is 72.3 Å². The number of pyridine rings is 1. The first kappa shape index (κ1) is 20.0. The lowest BCUT2D eigenvalue weighted by atomic mass is 9.95. The molecule has 30 heavy (non-hydrogen) atoms. The molecule has 2 aromatic rings. The van der Waals surface area contributed by atoms with Crippen LogP contribution in [0.4, 0.5) is 17.5 Å². The second kappa shape index (κ2) is 9.06. The van der Waals surface area contributed by atoms with Crippen LogP contribution < -0.4 is 9.80 Å². The third-order valence-electron chi connectivity index (χ3n) is 5.55. The van der Waals surface area contributed by atoms with Gasteiger partial charge >= 0.3 is 0 Å². The van der Waals surface area contributed by atoms with Gasteiger partial charge in [0.05, 0.1) is 25.0 Å². The molecule has 0 aromatic carbocycles. The predicted molar refractivity (Wildman–Crippen MR) is 118 cm³/mol. The largest absolute Gasteiger partial charge is 0.378 e. The van der Waals surface area contributed by atoms with Crippen LogP contribution in [-0.2, 0) is 4.74 Å². The third-order valence-corrected chi connectivity index (χ3v) is 5.55. The maximum Gasteiger partial charge on any atom is 0.228 e. The molecule has 154 valence electrons. The van der Waals surface area contributed by atoms with Crippen LogP contribution in [0.25, 0.3) is 5.57 Å². The number of nitriles is 1. The zero-order valence-corrected chi connectivity index (χ0v) is 17.5. The Morgan fingerprint density at radius 2 is 1.90 bits per heavy atom. The van der Waals surface area contributed by atoms with Crippen LogP contribution in [0.3, 0.4) is 0 Å². The summed E-state index contributed by atoms with van der Waals surface area (Å²) in [7, 11) is 0. The van der Waals surface area contributed by atoms with Crippen molar-refractivity contribution >= 4 is 23.0 Å². The molecule has 0 bridgehead atoms. The fourth-order valence-corrected chi connectivity index (χ4v) is 3.88.